The summed E-state index contributed by atoms with van der Waals surface area (Å²) in [5.41, 5.74) is 8.66. The Kier molecular flexibility index (Phi) is 8.82. The number of imidazole rings is 1. The van der Waals surface area contributed by atoms with Gasteiger partial charge < -0.3 is 18.8 Å². The monoisotopic (exact) mass is 574 g/mol. The summed E-state index contributed by atoms with van der Waals surface area (Å²) in [7, 11) is 0. The molecule has 1 fully saturated rings. The summed E-state index contributed by atoms with van der Waals surface area (Å²) in [4.78, 5) is 22.3. The Morgan fingerprint density at radius 1 is 0.837 bits per heavy atom. The quantitative estimate of drug-likeness (QED) is 0.198. The molecule has 5 aromatic rings. The maximum absolute atomic E-state index is 12.8. The van der Waals surface area contributed by atoms with Crippen LogP contribution >= 0.6 is 0 Å². The second-order valence-corrected chi connectivity index (χ2v) is 11.0. The molecule has 0 spiro atoms. The fourth-order valence-corrected chi connectivity index (χ4v) is 5.58. The molecule has 0 radical (unpaired) electrons. The number of aryl methyl sites for hydroxylation is 1. The van der Waals surface area contributed by atoms with Crippen LogP contribution in [0.15, 0.2) is 97.2 Å². The largest absolute Gasteiger partial charge is 0.494 e. The van der Waals surface area contributed by atoms with E-state index < -0.39 is 0 Å². The summed E-state index contributed by atoms with van der Waals surface area (Å²) in [6, 6.07) is 31.0. The van der Waals surface area contributed by atoms with E-state index in [0.717, 1.165) is 64.7 Å². The Labute approximate surface area is 253 Å². The number of aromatic nitrogens is 2. The normalized spacial score (nSPS) is 13.9. The fourth-order valence-electron chi connectivity index (χ4n) is 5.58. The van der Waals surface area contributed by atoms with Gasteiger partial charge in [-0.1, -0.05) is 72.3 Å². The van der Waals surface area contributed by atoms with Gasteiger partial charge in [-0.05, 0) is 54.8 Å². The van der Waals surface area contributed by atoms with E-state index in [9.17, 15) is 4.79 Å². The average Bonchev–Trinajstić information content (AvgIpc) is 3.40. The number of pyridine rings is 1. The van der Waals surface area contributed by atoms with E-state index in [-0.39, 0.29) is 12.5 Å². The van der Waals surface area contributed by atoms with Crippen LogP contribution in [-0.4, -0.2) is 64.5 Å². The molecule has 0 saturated carbocycles. The van der Waals surface area contributed by atoms with Gasteiger partial charge >= 0.3 is 0 Å². The van der Waals surface area contributed by atoms with Crippen LogP contribution < -0.4 is 4.74 Å². The number of hydrogen-bond acceptors (Lipinski definition) is 5. The highest BCUT2D eigenvalue weighted by Gasteiger charge is 2.24. The second kappa shape index (κ2) is 13.2. The van der Waals surface area contributed by atoms with Crippen LogP contribution in [0.1, 0.15) is 23.7 Å². The SMILES string of the molecule is CCOc1cccc(-c2ccc3nc(-c4ccc(C)cc4)c(CN4CCN(C(=O)COCc5ccccc5)CC4)n3c2)c1. The van der Waals surface area contributed by atoms with Gasteiger partial charge in [-0.3, -0.25) is 9.69 Å². The summed E-state index contributed by atoms with van der Waals surface area (Å²) in [5.74, 6) is 0.911. The maximum atomic E-state index is 12.8. The first-order valence-corrected chi connectivity index (χ1v) is 15.0. The molecule has 1 amide bonds. The van der Waals surface area contributed by atoms with Gasteiger partial charge in [-0.2, -0.15) is 0 Å². The molecule has 0 unspecified atom stereocenters. The first-order chi connectivity index (χ1) is 21.1. The minimum Gasteiger partial charge on any atom is -0.494 e. The summed E-state index contributed by atoms with van der Waals surface area (Å²) in [6.07, 6.45) is 2.18. The van der Waals surface area contributed by atoms with Crippen molar-refractivity contribution in [3.8, 4) is 28.1 Å². The van der Waals surface area contributed by atoms with E-state index in [1.54, 1.807) is 0 Å². The Balaban J connectivity index is 1.20. The van der Waals surface area contributed by atoms with Crippen molar-refractivity contribution in [1.29, 1.82) is 0 Å². The molecule has 0 bridgehead atoms. The van der Waals surface area contributed by atoms with Crippen LogP contribution in [0.3, 0.4) is 0 Å². The highest BCUT2D eigenvalue weighted by molar-refractivity contribution is 5.77. The first-order valence-electron chi connectivity index (χ1n) is 15.0. The van der Waals surface area contributed by atoms with Gasteiger partial charge in [0, 0.05) is 44.5 Å². The van der Waals surface area contributed by atoms with Gasteiger partial charge in [0.2, 0.25) is 5.91 Å². The predicted octanol–water partition coefficient (Wildman–Crippen LogP) is 6.24. The second-order valence-electron chi connectivity index (χ2n) is 11.0. The average molecular weight is 575 g/mol. The standard InChI is InChI=1S/C36H38N4O3/c1-3-43-32-11-7-10-30(22-32)31-16-17-34-37-36(29-14-12-27(2)13-15-29)33(40(34)23-31)24-38-18-20-39(21-19-38)35(41)26-42-25-28-8-5-4-6-9-28/h4-17,22-23H,3,18-21,24-26H2,1-2H3. The zero-order chi connectivity index (χ0) is 29.6. The van der Waals surface area contributed by atoms with Crippen molar-refractivity contribution in [2.75, 3.05) is 39.4 Å². The van der Waals surface area contributed by atoms with Crippen LogP contribution in [-0.2, 0) is 22.7 Å². The molecular weight excluding hydrogens is 536 g/mol. The van der Waals surface area contributed by atoms with E-state index in [1.165, 1.54) is 5.56 Å². The molecule has 3 heterocycles. The number of ether oxygens (including phenoxy) is 2. The lowest BCUT2D eigenvalue weighted by Crippen LogP contribution is -2.49. The smallest absolute Gasteiger partial charge is 0.248 e. The lowest BCUT2D eigenvalue weighted by atomic mass is 10.1. The summed E-state index contributed by atoms with van der Waals surface area (Å²) in [6.45, 7) is 8.96. The molecule has 220 valence electrons. The molecule has 43 heavy (non-hydrogen) atoms. The molecule has 1 aliphatic rings. The minimum absolute atomic E-state index is 0.0460. The maximum Gasteiger partial charge on any atom is 0.248 e. The number of piperazine rings is 1. The Hall–Kier alpha value is -4.46. The molecular formula is C36H38N4O3. The van der Waals surface area contributed by atoms with Crippen molar-refractivity contribution in [2.45, 2.75) is 27.0 Å². The van der Waals surface area contributed by atoms with Crippen LogP contribution in [0.2, 0.25) is 0 Å². The summed E-state index contributed by atoms with van der Waals surface area (Å²) < 4.78 is 13.7. The number of amides is 1. The van der Waals surface area contributed by atoms with Gasteiger partial charge in [-0.25, -0.2) is 4.98 Å². The van der Waals surface area contributed by atoms with Crippen LogP contribution in [0, 0.1) is 6.92 Å². The molecule has 3 aromatic carbocycles. The Morgan fingerprint density at radius 2 is 1.60 bits per heavy atom. The van der Waals surface area contributed by atoms with Crippen molar-refractivity contribution in [2.24, 2.45) is 0 Å². The summed E-state index contributed by atoms with van der Waals surface area (Å²) >= 11 is 0. The Bertz CT molecular complexity index is 1670. The van der Waals surface area contributed by atoms with Crippen molar-refractivity contribution in [1.82, 2.24) is 19.2 Å². The zero-order valence-corrected chi connectivity index (χ0v) is 24.9. The van der Waals surface area contributed by atoms with Gasteiger partial charge in [-0.15, -0.1) is 0 Å². The molecule has 1 saturated heterocycles. The van der Waals surface area contributed by atoms with Gasteiger partial charge in [0.25, 0.3) is 0 Å². The number of carbonyl (C=O) groups excluding carboxylic acids is 1. The van der Waals surface area contributed by atoms with E-state index in [2.05, 4.69) is 71.0 Å². The molecule has 0 aliphatic carbocycles. The fraction of sp³-hybridized carbons (Fsp3) is 0.278. The van der Waals surface area contributed by atoms with E-state index in [0.29, 0.717) is 26.3 Å². The predicted molar refractivity (Wildman–Crippen MR) is 170 cm³/mol. The molecule has 2 aromatic heterocycles. The van der Waals surface area contributed by atoms with E-state index >= 15 is 0 Å². The lowest BCUT2D eigenvalue weighted by Gasteiger charge is -2.34. The Morgan fingerprint density at radius 3 is 2.37 bits per heavy atom. The minimum atomic E-state index is 0.0460. The number of benzene rings is 3. The molecule has 6 rings (SSSR count). The van der Waals surface area contributed by atoms with Crippen LogP contribution in [0.5, 0.6) is 5.75 Å². The number of rotatable bonds is 10. The molecule has 0 N–H and O–H groups in total. The lowest BCUT2D eigenvalue weighted by molar-refractivity contribution is -0.138. The van der Waals surface area contributed by atoms with Crippen LogP contribution in [0.25, 0.3) is 28.0 Å². The first kappa shape index (κ1) is 28.6. The van der Waals surface area contributed by atoms with Gasteiger partial charge in [0.1, 0.15) is 18.0 Å². The zero-order valence-electron chi connectivity index (χ0n) is 24.9. The number of hydrogen-bond donors (Lipinski definition) is 0. The highest BCUT2D eigenvalue weighted by Crippen LogP contribution is 2.30. The third kappa shape index (κ3) is 6.79. The number of carbonyl (C=O) groups is 1. The third-order valence-corrected chi connectivity index (χ3v) is 7.96. The van der Waals surface area contributed by atoms with Crippen molar-refractivity contribution < 1.29 is 14.3 Å². The molecule has 0 atom stereocenters. The third-order valence-electron chi connectivity index (χ3n) is 7.96. The van der Waals surface area contributed by atoms with Gasteiger partial charge in [0.15, 0.2) is 0 Å². The molecule has 7 heteroatoms. The van der Waals surface area contributed by atoms with Crippen molar-refractivity contribution in [3.63, 3.8) is 0 Å². The highest BCUT2D eigenvalue weighted by atomic mass is 16.5. The molecule has 1 aliphatic heterocycles. The van der Waals surface area contributed by atoms with Gasteiger partial charge in [0.05, 0.1) is 24.6 Å². The molecule has 7 nitrogen and oxygen atoms in total. The summed E-state index contributed by atoms with van der Waals surface area (Å²) in [5, 5.41) is 0. The topological polar surface area (TPSA) is 59.3 Å². The van der Waals surface area contributed by atoms with E-state index in [4.69, 9.17) is 14.5 Å². The van der Waals surface area contributed by atoms with Crippen molar-refractivity contribution in [3.05, 3.63) is 114 Å². The van der Waals surface area contributed by atoms with E-state index in [1.807, 2.05) is 54.3 Å². The number of nitrogens with zero attached hydrogens (tertiary/aromatic N) is 4. The number of fused-ring (bicyclic) bond motifs is 1. The van der Waals surface area contributed by atoms with Crippen molar-refractivity contribution >= 4 is 11.6 Å². The van der Waals surface area contributed by atoms with Crippen LogP contribution in [0.4, 0.5) is 0 Å².